The molecule has 4 heteroatoms. The summed E-state index contributed by atoms with van der Waals surface area (Å²) in [5.41, 5.74) is 5.77. The van der Waals surface area contributed by atoms with E-state index in [-0.39, 0.29) is 6.04 Å². The maximum Gasteiger partial charge on any atom is 0.122 e. The van der Waals surface area contributed by atoms with E-state index in [4.69, 9.17) is 15.2 Å². The van der Waals surface area contributed by atoms with Crippen molar-refractivity contribution in [3.63, 3.8) is 0 Å². The summed E-state index contributed by atoms with van der Waals surface area (Å²) >= 11 is 4.15. The largest absolute Gasteiger partial charge is 0.497 e. The Morgan fingerprint density at radius 1 is 1.29 bits per heavy atom. The summed E-state index contributed by atoms with van der Waals surface area (Å²) in [7, 11) is 1.65. The fourth-order valence-electron chi connectivity index (χ4n) is 1.48. The zero-order valence-corrected chi connectivity index (χ0v) is 11.2. The molecule has 2 N–H and O–H groups in total. The number of unbranched alkanes of at least 4 members (excludes halogenated alkanes) is 1. The van der Waals surface area contributed by atoms with E-state index >= 15 is 0 Å². The first-order chi connectivity index (χ1) is 8.26. The lowest BCUT2D eigenvalue weighted by Crippen LogP contribution is -2.21. The molecule has 96 valence electrons. The topological polar surface area (TPSA) is 44.5 Å². The molecule has 0 saturated heterocycles. The molecule has 1 aromatic rings. The van der Waals surface area contributed by atoms with Crippen LogP contribution in [0.4, 0.5) is 0 Å². The molecule has 0 radical (unpaired) electrons. The van der Waals surface area contributed by atoms with E-state index in [1.807, 2.05) is 24.3 Å². The summed E-state index contributed by atoms with van der Waals surface area (Å²) in [5.74, 6) is 2.42. The third-order valence-electron chi connectivity index (χ3n) is 2.51. The Morgan fingerprint density at radius 2 is 2.06 bits per heavy atom. The molecule has 0 fully saturated rings. The highest BCUT2D eigenvalue weighted by atomic mass is 32.1. The van der Waals surface area contributed by atoms with Crippen LogP contribution < -0.4 is 15.2 Å². The van der Waals surface area contributed by atoms with Gasteiger partial charge in [0.25, 0.3) is 0 Å². The van der Waals surface area contributed by atoms with Gasteiger partial charge in [-0.05, 0) is 31.4 Å². The average Bonchev–Trinajstić information content (AvgIpc) is 2.38. The fourth-order valence-corrected chi connectivity index (χ4v) is 1.66. The van der Waals surface area contributed by atoms with Crippen LogP contribution in [0.25, 0.3) is 0 Å². The Hall–Kier alpha value is -0.870. The van der Waals surface area contributed by atoms with Gasteiger partial charge < -0.3 is 15.2 Å². The summed E-state index contributed by atoms with van der Waals surface area (Å²) < 4.78 is 10.7. The lowest BCUT2D eigenvalue weighted by atomic mass is 10.1. The first-order valence-corrected chi connectivity index (χ1v) is 6.53. The number of methoxy groups -OCH3 is 1. The zero-order valence-electron chi connectivity index (χ0n) is 10.3. The number of hydrogen-bond donors (Lipinski definition) is 2. The number of ether oxygens (including phenoxy) is 2. The fraction of sp³-hybridized carbons (Fsp3) is 0.538. The average molecular weight is 255 g/mol. The van der Waals surface area contributed by atoms with E-state index in [9.17, 15) is 0 Å². The molecule has 3 nitrogen and oxygen atoms in total. The maximum atomic E-state index is 5.77. The van der Waals surface area contributed by atoms with Crippen molar-refractivity contribution in [2.45, 2.75) is 25.3 Å². The number of benzene rings is 1. The van der Waals surface area contributed by atoms with Gasteiger partial charge in [0.05, 0.1) is 13.7 Å². The Labute approximate surface area is 109 Å². The first-order valence-electron chi connectivity index (χ1n) is 5.89. The smallest absolute Gasteiger partial charge is 0.122 e. The molecule has 0 aliphatic rings. The minimum absolute atomic E-state index is 0.204. The van der Waals surface area contributed by atoms with Crippen molar-refractivity contribution >= 4 is 12.6 Å². The van der Waals surface area contributed by atoms with Crippen molar-refractivity contribution in [2.24, 2.45) is 5.73 Å². The molecule has 0 amide bonds. The molecule has 1 aromatic carbocycles. The highest BCUT2D eigenvalue weighted by molar-refractivity contribution is 7.80. The first kappa shape index (κ1) is 14.2. The van der Waals surface area contributed by atoms with Gasteiger partial charge in [0.15, 0.2) is 0 Å². The van der Waals surface area contributed by atoms with Crippen LogP contribution in [0.5, 0.6) is 11.5 Å². The molecule has 0 bridgehead atoms. The predicted octanol–water partition coefficient (Wildman–Crippen LogP) is 2.50. The molecular formula is C13H21NO2S. The Balaban J connectivity index is 2.17. The van der Waals surface area contributed by atoms with Crippen LogP contribution in [0.15, 0.2) is 24.3 Å². The van der Waals surface area contributed by atoms with Gasteiger partial charge in [0.1, 0.15) is 11.5 Å². The molecular weight excluding hydrogens is 234 g/mol. The van der Waals surface area contributed by atoms with Crippen molar-refractivity contribution in [1.82, 2.24) is 0 Å². The van der Waals surface area contributed by atoms with Gasteiger partial charge in [0, 0.05) is 17.9 Å². The summed E-state index contributed by atoms with van der Waals surface area (Å²) in [5, 5.41) is 0. The minimum atomic E-state index is 0.204. The zero-order chi connectivity index (χ0) is 12.5. The minimum Gasteiger partial charge on any atom is -0.497 e. The van der Waals surface area contributed by atoms with E-state index in [1.54, 1.807) is 7.11 Å². The summed E-state index contributed by atoms with van der Waals surface area (Å²) in [4.78, 5) is 0. The molecule has 0 aliphatic carbocycles. The Kier molecular flexibility index (Phi) is 6.89. The second-order valence-electron chi connectivity index (χ2n) is 3.97. The third kappa shape index (κ3) is 5.84. The van der Waals surface area contributed by atoms with Crippen molar-refractivity contribution in [3.05, 3.63) is 24.3 Å². The van der Waals surface area contributed by atoms with Gasteiger partial charge in [-0.3, -0.25) is 0 Å². The molecule has 1 atom stereocenters. The van der Waals surface area contributed by atoms with Crippen LogP contribution in [0.2, 0.25) is 0 Å². The number of hydrogen-bond acceptors (Lipinski definition) is 4. The molecule has 0 spiro atoms. The normalized spacial score (nSPS) is 12.2. The Morgan fingerprint density at radius 3 is 2.76 bits per heavy atom. The van der Waals surface area contributed by atoms with Crippen molar-refractivity contribution < 1.29 is 9.47 Å². The van der Waals surface area contributed by atoms with Crippen LogP contribution in [0, 0.1) is 0 Å². The van der Waals surface area contributed by atoms with Crippen LogP contribution in [-0.4, -0.2) is 25.5 Å². The predicted molar refractivity (Wildman–Crippen MR) is 74.2 cm³/mol. The standard InChI is InChI=1S/C13H21NO2S/c1-15-12-6-4-7-13(9-12)16-8-3-2-5-11(14)10-17/h4,6-7,9,11,17H,2-3,5,8,10,14H2,1H3/t11-/m0/s1. The third-order valence-corrected chi connectivity index (χ3v) is 2.98. The van der Waals surface area contributed by atoms with Crippen molar-refractivity contribution in [1.29, 1.82) is 0 Å². The van der Waals surface area contributed by atoms with Gasteiger partial charge in [-0.2, -0.15) is 12.6 Å². The molecule has 0 aromatic heterocycles. The molecule has 0 unspecified atom stereocenters. The SMILES string of the molecule is COc1cccc(OCCCC[C@H](N)CS)c1. The van der Waals surface area contributed by atoms with E-state index in [1.165, 1.54) is 0 Å². The van der Waals surface area contributed by atoms with E-state index in [0.717, 1.165) is 36.5 Å². The van der Waals surface area contributed by atoms with Gasteiger partial charge in [-0.15, -0.1) is 0 Å². The number of nitrogens with two attached hydrogens (primary N) is 1. The second-order valence-corrected chi connectivity index (χ2v) is 4.33. The van der Waals surface area contributed by atoms with Gasteiger partial charge in [0.2, 0.25) is 0 Å². The van der Waals surface area contributed by atoms with Gasteiger partial charge in [-0.25, -0.2) is 0 Å². The van der Waals surface area contributed by atoms with Gasteiger partial charge in [-0.1, -0.05) is 6.07 Å². The molecule has 0 heterocycles. The lowest BCUT2D eigenvalue weighted by Gasteiger charge is -2.09. The highest BCUT2D eigenvalue weighted by Gasteiger charge is 2.00. The van der Waals surface area contributed by atoms with E-state index in [0.29, 0.717) is 6.61 Å². The summed E-state index contributed by atoms with van der Waals surface area (Å²) in [6.45, 7) is 0.715. The van der Waals surface area contributed by atoms with Crippen LogP contribution in [0.1, 0.15) is 19.3 Å². The van der Waals surface area contributed by atoms with Crippen molar-refractivity contribution in [3.8, 4) is 11.5 Å². The molecule has 0 saturated carbocycles. The monoisotopic (exact) mass is 255 g/mol. The molecule has 0 aliphatic heterocycles. The molecule has 1 rings (SSSR count). The van der Waals surface area contributed by atoms with Crippen LogP contribution in [-0.2, 0) is 0 Å². The maximum absolute atomic E-state index is 5.77. The van der Waals surface area contributed by atoms with E-state index < -0.39 is 0 Å². The molecule has 17 heavy (non-hydrogen) atoms. The second kappa shape index (κ2) is 8.25. The van der Waals surface area contributed by atoms with Crippen LogP contribution >= 0.6 is 12.6 Å². The van der Waals surface area contributed by atoms with Crippen LogP contribution in [0.3, 0.4) is 0 Å². The number of thiol groups is 1. The quantitative estimate of drug-likeness (QED) is 0.554. The summed E-state index contributed by atoms with van der Waals surface area (Å²) in [6.07, 6.45) is 3.09. The highest BCUT2D eigenvalue weighted by Crippen LogP contribution is 2.19. The lowest BCUT2D eigenvalue weighted by molar-refractivity contribution is 0.301. The number of rotatable bonds is 8. The Bertz CT molecular complexity index is 320. The van der Waals surface area contributed by atoms with Gasteiger partial charge >= 0.3 is 0 Å². The van der Waals surface area contributed by atoms with Crippen molar-refractivity contribution in [2.75, 3.05) is 19.5 Å². The van der Waals surface area contributed by atoms with E-state index in [2.05, 4.69) is 12.6 Å². The summed E-state index contributed by atoms with van der Waals surface area (Å²) in [6, 6.07) is 7.85.